The van der Waals surface area contributed by atoms with Gasteiger partial charge in [-0.2, -0.15) is 5.26 Å². The number of aromatic nitrogens is 1. The van der Waals surface area contributed by atoms with Crippen molar-refractivity contribution in [2.75, 3.05) is 0 Å². The van der Waals surface area contributed by atoms with Crippen LogP contribution in [0.25, 0.3) is 16.3 Å². The van der Waals surface area contributed by atoms with Crippen LogP contribution in [0.3, 0.4) is 0 Å². The van der Waals surface area contributed by atoms with E-state index in [2.05, 4.69) is 4.98 Å². The van der Waals surface area contributed by atoms with Gasteiger partial charge in [0.05, 0.1) is 15.1 Å². The van der Waals surface area contributed by atoms with Gasteiger partial charge in [0.2, 0.25) is 5.78 Å². The fourth-order valence-corrected chi connectivity index (χ4v) is 4.62. The highest BCUT2D eigenvalue weighted by Crippen LogP contribution is 2.35. The zero-order valence-electron chi connectivity index (χ0n) is 15.1. The summed E-state index contributed by atoms with van der Waals surface area (Å²) in [6.07, 6.45) is 1.32. The molecule has 0 aliphatic rings. The van der Waals surface area contributed by atoms with E-state index < -0.39 is 10.7 Å². The number of allylic oxidation sites excluding steroid dienone is 1. The molecule has 0 atom stereocenters. The molecular weight excluding hydrogens is 422 g/mol. The second-order valence-corrected chi connectivity index (χ2v) is 8.29. The summed E-state index contributed by atoms with van der Waals surface area (Å²) < 4.78 is 7.59. The van der Waals surface area contributed by atoms with Crippen LogP contribution >= 0.6 is 23.1 Å². The maximum Gasteiger partial charge on any atom is 0.270 e. The highest BCUT2D eigenvalue weighted by molar-refractivity contribution is 8.01. The molecule has 30 heavy (non-hydrogen) atoms. The van der Waals surface area contributed by atoms with Crippen molar-refractivity contribution in [3.8, 4) is 6.07 Å². The first kappa shape index (κ1) is 19.6. The minimum Gasteiger partial charge on any atom is -0.450 e. The maximum atomic E-state index is 12.6. The number of hydrogen-bond donors (Lipinski definition) is 0. The van der Waals surface area contributed by atoms with E-state index in [0.717, 1.165) is 20.6 Å². The summed E-state index contributed by atoms with van der Waals surface area (Å²) in [5.74, 6) is -0.285. The first-order chi connectivity index (χ1) is 14.5. The lowest BCUT2D eigenvalue weighted by molar-refractivity contribution is -0.384. The van der Waals surface area contributed by atoms with Crippen LogP contribution in [0.5, 0.6) is 0 Å². The Hall–Kier alpha value is -3.74. The SMILES string of the molecule is N#C/C(=C\c1ccc(Sc2nc3ccccc3s2)o1)C(=O)c1cccc([N+](=O)[O-])c1. The molecule has 0 fully saturated rings. The van der Waals surface area contributed by atoms with E-state index in [4.69, 9.17) is 4.42 Å². The number of benzene rings is 2. The lowest BCUT2D eigenvalue weighted by Gasteiger charge is -1.99. The van der Waals surface area contributed by atoms with E-state index in [1.54, 1.807) is 23.5 Å². The van der Waals surface area contributed by atoms with Crippen LogP contribution in [0.4, 0.5) is 5.69 Å². The van der Waals surface area contributed by atoms with E-state index in [-0.39, 0.29) is 16.8 Å². The van der Waals surface area contributed by atoms with Crippen LogP contribution in [-0.4, -0.2) is 15.7 Å². The topological polar surface area (TPSA) is 110 Å². The summed E-state index contributed by atoms with van der Waals surface area (Å²) in [5.41, 5.74) is 0.575. The third-order valence-corrected chi connectivity index (χ3v) is 6.05. The summed E-state index contributed by atoms with van der Waals surface area (Å²) in [5, 5.41) is 20.9. The summed E-state index contributed by atoms with van der Waals surface area (Å²) in [6.45, 7) is 0. The molecule has 146 valence electrons. The predicted molar refractivity (Wildman–Crippen MR) is 113 cm³/mol. The zero-order chi connectivity index (χ0) is 21.1. The molecular formula is C21H11N3O4S2. The van der Waals surface area contributed by atoms with Gasteiger partial charge < -0.3 is 4.42 Å². The molecule has 2 aromatic carbocycles. The first-order valence-corrected chi connectivity index (χ1v) is 10.2. The third-order valence-electron chi connectivity index (χ3n) is 4.04. The van der Waals surface area contributed by atoms with Crippen molar-refractivity contribution in [2.45, 2.75) is 9.43 Å². The van der Waals surface area contributed by atoms with Gasteiger partial charge in [0.1, 0.15) is 17.4 Å². The minimum absolute atomic E-state index is 0.0626. The van der Waals surface area contributed by atoms with Gasteiger partial charge in [-0.3, -0.25) is 14.9 Å². The van der Waals surface area contributed by atoms with Crippen molar-refractivity contribution in [3.63, 3.8) is 0 Å². The second-order valence-electron chi connectivity index (χ2n) is 6.01. The Labute approximate surface area is 178 Å². The highest BCUT2D eigenvalue weighted by atomic mass is 32.2. The lowest BCUT2D eigenvalue weighted by Crippen LogP contribution is -2.02. The fraction of sp³-hybridized carbons (Fsp3) is 0. The van der Waals surface area contributed by atoms with E-state index in [0.29, 0.717) is 10.9 Å². The van der Waals surface area contributed by atoms with Crippen LogP contribution in [0.1, 0.15) is 16.1 Å². The number of carbonyl (C=O) groups is 1. The van der Waals surface area contributed by atoms with Crippen molar-refractivity contribution < 1.29 is 14.1 Å². The average Bonchev–Trinajstić information content (AvgIpc) is 3.37. The Morgan fingerprint density at radius 3 is 2.80 bits per heavy atom. The molecule has 0 aliphatic carbocycles. The van der Waals surface area contributed by atoms with E-state index in [1.165, 1.54) is 36.0 Å². The second kappa shape index (κ2) is 8.32. The third kappa shape index (κ3) is 4.15. The quantitative estimate of drug-likeness (QED) is 0.125. The van der Waals surface area contributed by atoms with Gasteiger partial charge in [-0.1, -0.05) is 24.3 Å². The molecule has 0 spiro atoms. The molecule has 9 heteroatoms. The van der Waals surface area contributed by atoms with Gasteiger partial charge in [-0.25, -0.2) is 4.98 Å². The molecule has 4 rings (SSSR count). The molecule has 4 aromatic rings. The van der Waals surface area contributed by atoms with Crippen LogP contribution in [-0.2, 0) is 0 Å². The summed E-state index contributed by atoms with van der Waals surface area (Å²) in [7, 11) is 0. The molecule has 7 nitrogen and oxygen atoms in total. The standard InChI is InChI=1S/C21H11N3O4S2/c22-12-14(20(25)13-4-3-5-15(10-13)24(26)27)11-16-8-9-19(28-16)30-21-23-17-6-1-2-7-18(17)29-21/h1-11H/b14-11+. The van der Waals surface area contributed by atoms with Crippen LogP contribution in [0.2, 0.25) is 0 Å². The van der Waals surface area contributed by atoms with Crippen molar-refractivity contribution in [1.82, 2.24) is 4.98 Å². The first-order valence-electron chi connectivity index (χ1n) is 8.58. The monoisotopic (exact) mass is 433 g/mol. The number of ketones is 1. The maximum absolute atomic E-state index is 12.6. The molecule has 0 aliphatic heterocycles. The number of rotatable bonds is 6. The van der Waals surface area contributed by atoms with Crippen LogP contribution in [0.15, 0.2) is 80.1 Å². The van der Waals surface area contributed by atoms with Gasteiger partial charge in [0, 0.05) is 23.8 Å². The van der Waals surface area contributed by atoms with Crippen molar-refractivity contribution >= 4 is 50.9 Å². The van der Waals surface area contributed by atoms with Gasteiger partial charge in [0.15, 0.2) is 9.43 Å². The molecule has 0 saturated carbocycles. The average molecular weight is 433 g/mol. The normalized spacial score (nSPS) is 11.4. The highest BCUT2D eigenvalue weighted by Gasteiger charge is 2.17. The number of nitrogens with zero attached hydrogens (tertiary/aromatic N) is 3. The number of nitro groups is 1. The van der Waals surface area contributed by atoms with Crippen LogP contribution in [0, 0.1) is 21.4 Å². The van der Waals surface area contributed by atoms with E-state index in [1.807, 2.05) is 30.3 Å². The summed E-state index contributed by atoms with van der Waals surface area (Å²) in [6, 6.07) is 18.3. The predicted octanol–water partition coefficient (Wildman–Crippen LogP) is 5.74. The zero-order valence-corrected chi connectivity index (χ0v) is 16.8. The number of hydrogen-bond acceptors (Lipinski definition) is 8. The molecule has 0 unspecified atom stereocenters. The Bertz CT molecular complexity index is 1310. The number of carbonyl (C=O) groups excluding carboxylic acids is 1. The van der Waals surface area contributed by atoms with Gasteiger partial charge in [0.25, 0.3) is 5.69 Å². The molecule has 0 saturated heterocycles. The summed E-state index contributed by atoms with van der Waals surface area (Å²) in [4.78, 5) is 27.4. The molecule has 0 bridgehead atoms. The minimum atomic E-state index is -0.613. The Morgan fingerprint density at radius 1 is 1.20 bits per heavy atom. The Morgan fingerprint density at radius 2 is 2.03 bits per heavy atom. The number of para-hydroxylation sites is 1. The molecule has 2 heterocycles. The lowest BCUT2D eigenvalue weighted by atomic mass is 10.0. The van der Waals surface area contributed by atoms with Crippen molar-refractivity contribution in [3.05, 3.63) is 87.7 Å². The Kier molecular flexibility index (Phi) is 5.43. The smallest absolute Gasteiger partial charge is 0.270 e. The molecule has 0 N–H and O–H groups in total. The van der Waals surface area contributed by atoms with Crippen molar-refractivity contribution in [2.24, 2.45) is 0 Å². The van der Waals surface area contributed by atoms with E-state index in [9.17, 15) is 20.2 Å². The van der Waals surface area contributed by atoms with Gasteiger partial charge >= 0.3 is 0 Å². The van der Waals surface area contributed by atoms with Gasteiger partial charge in [-0.15, -0.1) is 11.3 Å². The summed E-state index contributed by atoms with van der Waals surface area (Å²) >= 11 is 2.89. The van der Waals surface area contributed by atoms with E-state index >= 15 is 0 Å². The number of non-ortho nitro benzene ring substituents is 1. The number of nitro benzene ring substituents is 1. The number of fused-ring (bicyclic) bond motifs is 1. The molecule has 2 aromatic heterocycles. The number of Topliss-reactive ketones (excluding diaryl/α,β-unsaturated/α-hetero) is 1. The molecule has 0 radical (unpaired) electrons. The number of nitriles is 1. The molecule has 0 amide bonds. The fourth-order valence-electron chi connectivity index (χ4n) is 2.65. The Balaban J connectivity index is 1.55. The largest absolute Gasteiger partial charge is 0.450 e. The van der Waals surface area contributed by atoms with Crippen LogP contribution < -0.4 is 0 Å². The van der Waals surface area contributed by atoms with Crippen molar-refractivity contribution in [1.29, 1.82) is 5.26 Å². The number of furan rings is 1. The van der Waals surface area contributed by atoms with Gasteiger partial charge in [-0.05, 0) is 36.0 Å². The number of thiazole rings is 1.